The Kier molecular flexibility index (Phi) is 4.63. The van der Waals surface area contributed by atoms with E-state index in [0.717, 1.165) is 5.92 Å². The van der Waals surface area contributed by atoms with Gasteiger partial charge in [0.05, 0.1) is 0 Å². The van der Waals surface area contributed by atoms with Crippen LogP contribution in [0.3, 0.4) is 0 Å². The maximum Gasteiger partial charge on any atom is 0.129 e. The van der Waals surface area contributed by atoms with Crippen LogP contribution < -0.4 is 5.32 Å². The minimum absolute atomic E-state index is 0.215. The summed E-state index contributed by atoms with van der Waals surface area (Å²) in [5, 5.41) is 3.98. The maximum absolute atomic E-state index is 13.6. The lowest BCUT2D eigenvalue weighted by atomic mass is 9.93. The van der Waals surface area contributed by atoms with E-state index in [1.54, 1.807) is 12.1 Å². The van der Waals surface area contributed by atoms with Crippen LogP contribution in [0.25, 0.3) is 0 Å². The van der Waals surface area contributed by atoms with Crippen LogP contribution in [-0.2, 0) is 6.54 Å². The van der Waals surface area contributed by atoms with Crippen molar-refractivity contribution in [2.75, 3.05) is 0 Å². The Labute approximate surface area is 114 Å². The molecule has 0 heterocycles. The molecule has 0 spiro atoms. The Morgan fingerprint density at radius 3 is 2.78 bits per heavy atom. The van der Waals surface area contributed by atoms with E-state index >= 15 is 0 Å². The molecule has 3 heteroatoms. The molecule has 2 rings (SSSR count). The first-order chi connectivity index (χ1) is 8.63. The van der Waals surface area contributed by atoms with Gasteiger partial charge >= 0.3 is 0 Å². The second kappa shape index (κ2) is 6.03. The Hall–Kier alpha value is -0.600. The standard InChI is InChI=1S/C15H21ClFN/c1-3-11-7-8-15(10(11)2)18-9-12-13(16)5-4-6-14(12)17/h4-6,10-11,15,18H,3,7-9H2,1-2H3. The monoisotopic (exact) mass is 269 g/mol. The Bertz CT molecular complexity index is 387. The van der Waals surface area contributed by atoms with Crippen molar-refractivity contribution in [1.29, 1.82) is 0 Å². The second-order valence-corrected chi connectivity index (χ2v) is 5.70. The van der Waals surface area contributed by atoms with Crippen molar-refractivity contribution in [3.05, 3.63) is 34.6 Å². The SMILES string of the molecule is CCC1CCC(NCc2c(F)cccc2Cl)C1C. The smallest absolute Gasteiger partial charge is 0.129 e. The van der Waals surface area contributed by atoms with Gasteiger partial charge in [0, 0.05) is 23.2 Å². The van der Waals surface area contributed by atoms with Gasteiger partial charge < -0.3 is 5.32 Å². The fourth-order valence-electron chi connectivity index (χ4n) is 3.05. The van der Waals surface area contributed by atoms with E-state index in [1.807, 2.05) is 0 Å². The zero-order valence-electron chi connectivity index (χ0n) is 11.0. The van der Waals surface area contributed by atoms with Crippen molar-refractivity contribution in [3.8, 4) is 0 Å². The van der Waals surface area contributed by atoms with Gasteiger partial charge in [-0.2, -0.15) is 0 Å². The van der Waals surface area contributed by atoms with Gasteiger partial charge in [-0.05, 0) is 36.8 Å². The first-order valence-electron chi connectivity index (χ1n) is 6.79. The molecule has 18 heavy (non-hydrogen) atoms. The van der Waals surface area contributed by atoms with Crippen LogP contribution in [0, 0.1) is 17.7 Å². The van der Waals surface area contributed by atoms with E-state index in [-0.39, 0.29) is 5.82 Å². The lowest BCUT2D eigenvalue weighted by Crippen LogP contribution is -2.32. The van der Waals surface area contributed by atoms with Crippen LogP contribution in [-0.4, -0.2) is 6.04 Å². The molecule has 3 unspecified atom stereocenters. The summed E-state index contributed by atoms with van der Waals surface area (Å²) in [6.45, 7) is 5.07. The molecule has 1 aromatic rings. The summed E-state index contributed by atoms with van der Waals surface area (Å²) in [7, 11) is 0. The highest BCUT2D eigenvalue weighted by molar-refractivity contribution is 6.31. The molecule has 1 aliphatic rings. The molecule has 0 bridgehead atoms. The Morgan fingerprint density at radius 1 is 1.39 bits per heavy atom. The van der Waals surface area contributed by atoms with Gasteiger partial charge in [0.15, 0.2) is 0 Å². The number of hydrogen-bond acceptors (Lipinski definition) is 1. The zero-order valence-corrected chi connectivity index (χ0v) is 11.8. The molecular formula is C15H21ClFN. The minimum Gasteiger partial charge on any atom is -0.309 e. The topological polar surface area (TPSA) is 12.0 Å². The molecule has 0 radical (unpaired) electrons. The van der Waals surface area contributed by atoms with Crippen molar-refractivity contribution >= 4 is 11.6 Å². The molecule has 0 saturated heterocycles. The molecule has 1 nitrogen and oxygen atoms in total. The quantitative estimate of drug-likeness (QED) is 0.855. The van der Waals surface area contributed by atoms with Crippen LogP contribution in [0.1, 0.15) is 38.7 Å². The van der Waals surface area contributed by atoms with E-state index in [4.69, 9.17) is 11.6 Å². The van der Waals surface area contributed by atoms with E-state index in [0.29, 0.717) is 29.1 Å². The first-order valence-corrected chi connectivity index (χ1v) is 7.17. The predicted molar refractivity (Wildman–Crippen MR) is 74.2 cm³/mol. The van der Waals surface area contributed by atoms with E-state index < -0.39 is 0 Å². The minimum atomic E-state index is -0.215. The third-order valence-electron chi connectivity index (χ3n) is 4.35. The van der Waals surface area contributed by atoms with Gasteiger partial charge in [-0.1, -0.05) is 37.9 Å². The molecular weight excluding hydrogens is 249 g/mol. The van der Waals surface area contributed by atoms with Crippen LogP contribution in [0.2, 0.25) is 5.02 Å². The summed E-state index contributed by atoms with van der Waals surface area (Å²) >= 11 is 6.03. The van der Waals surface area contributed by atoms with Gasteiger partial charge in [-0.3, -0.25) is 0 Å². The van der Waals surface area contributed by atoms with E-state index in [9.17, 15) is 4.39 Å². The van der Waals surface area contributed by atoms with Gasteiger partial charge in [0.1, 0.15) is 5.82 Å². The fraction of sp³-hybridized carbons (Fsp3) is 0.600. The Balaban J connectivity index is 1.96. The number of rotatable bonds is 4. The third kappa shape index (κ3) is 2.86. The average Bonchev–Trinajstić information content (AvgIpc) is 2.70. The van der Waals surface area contributed by atoms with Gasteiger partial charge in [-0.15, -0.1) is 0 Å². The van der Waals surface area contributed by atoms with Crippen molar-refractivity contribution in [2.45, 2.75) is 45.7 Å². The summed E-state index contributed by atoms with van der Waals surface area (Å²) in [5.74, 6) is 1.26. The lowest BCUT2D eigenvalue weighted by Gasteiger charge is -2.21. The molecule has 1 N–H and O–H groups in total. The van der Waals surface area contributed by atoms with Crippen LogP contribution in [0.15, 0.2) is 18.2 Å². The number of nitrogens with one attached hydrogen (secondary N) is 1. The molecule has 1 aromatic carbocycles. The highest BCUT2D eigenvalue weighted by Crippen LogP contribution is 2.34. The third-order valence-corrected chi connectivity index (χ3v) is 4.71. The van der Waals surface area contributed by atoms with Crippen LogP contribution in [0.5, 0.6) is 0 Å². The largest absolute Gasteiger partial charge is 0.309 e. The van der Waals surface area contributed by atoms with Crippen LogP contribution >= 0.6 is 11.6 Å². The van der Waals surface area contributed by atoms with Gasteiger partial charge in [0.25, 0.3) is 0 Å². The molecule has 0 aromatic heterocycles. The van der Waals surface area contributed by atoms with E-state index in [1.165, 1.54) is 25.3 Å². The number of halogens is 2. The average molecular weight is 270 g/mol. The zero-order chi connectivity index (χ0) is 13.1. The van der Waals surface area contributed by atoms with Crippen molar-refractivity contribution in [1.82, 2.24) is 5.32 Å². The summed E-state index contributed by atoms with van der Waals surface area (Å²) in [6.07, 6.45) is 3.70. The van der Waals surface area contributed by atoms with E-state index in [2.05, 4.69) is 19.2 Å². The molecule has 100 valence electrons. The summed E-state index contributed by atoms with van der Waals surface area (Å²) in [6, 6.07) is 5.35. The van der Waals surface area contributed by atoms with Crippen molar-refractivity contribution < 1.29 is 4.39 Å². The second-order valence-electron chi connectivity index (χ2n) is 5.29. The first kappa shape index (κ1) is 13.8. The van der Waals surface area contributed by atoms with Gasteiger partial charge in [0.2, 0.25) is 0 Å². The summed E-state index contributed by atoms with van der Waals surface area (Å²) < 4.78 is 13.6. The highest BCUT2D eigenvalue weighted by atomic mass is 35.5. The fourth-order valence-corrected chi connectivity index (χ4v) is 3.28. The van der Waals surface area contributed by atoms with Crippen LogP contribution in [0.4, 0.5) is 4.39 Å². The number of hydrogen-bond donors (Lipinski definition) is 1. The molecule has 1 fully saturated rings. The number of benzene rings is 1. The molecule has 1 saturated carbocycles. The highest BCUT2D eigenvalue weighted by Gasteiger charge is 2.31. The molecule has 0 aliphatic heterocycles. The molecule has 0 amide bonds. The van der Waals surface area contributed by atoms with Crippen molar-refractivity contribution in [2.24, 2.45) is 11.8 Å². The predicted octanol–water partition coefficient (Wildman–Crippen LogP) is 4.39. The summed E-state index contributed by atoms with van der Waals surface area (Å²) in [5.41, 5.74) is 0.589. The Morgan fingerprint density at radius 2 is 2.17 bits per heavy atom. The normalized spacial score (nSPS) is 27.7. The molecule has 3 atom stereocenters. The lowest BCUT2D eigenvalue weighted by molar-refractivity contribution is 0.343. The van der Waals surface area contributed by atoms with Crippen molar-refractivity contribution in [3.63, 3.8) is 0 Å². The maximum atomic E-state index is 13.6. The summed E-state index contributed by atoms with van der Waals surface area (Å²) in [4.78, 5) is 0. The van der Waals surface area contributed by atoms with Gasteiger partial charge in [-0.25, -0.2) is 4.39 Å². The molecule has 1 aliphatic carbocycles.